The standard InChI is InChI=1S/C15H17NO/c1-12(2)11-13-6-8-14(9-7-13)17-15-5-3-4-10-16-15/h3-10,12H,11H2,1-2H3. The van der Waals surface area contributed by atoms with E-state index in [0.717, 1.165) is 12.2 Å². The molecular weight excluding hydrogens is 210 g/mol. The van der Waals surface area contributed by atoms with Crippen molar-refractivity contribution in [3.05, 3.63) is 54.2 Å². The highest BCUT2D eigenvalue weighted by atomic mass is 16.5. The number of ether oxygens (including phenoxy) is 1. The van der Waals surface area contributed by atoms with Gasteiger partial charge in [-0.2, -0.15) is 0 Å². The molecule has 2 aromatic rings. The molecule has 0 spiro atoms. The Morgan fingerprint density at radius 1 is 1.06 bits per heavy atom. The minimum atomic E-state index is 0.629. The molecule has 0 atom stereocenters. The second-order valence-electron chi connectivity index (χ2n) is 4.51. The van der Waals surface area contributed by atoms with Crippen LogP contribution in [0.5, 0.6) is 11.6 Å². The van der Waals surface area contributed by atoms with E-state index in [2.05, 4.69) is 31.0 Å². The number of benzene rings is 1. The number of pyridine rings is 1. The summed E-state index contributed by atoms with van der Waals surface area (Å²) in [6.45, 7) is 4.44. The summed E-state index contributed by atoms with van der Waals surface area (Å²) in [5.74, 6) is 2.14. The smallest absolute Gasteiger partial charge is 0.219 e. The van der Waals surface area contributed by atoms with Crippen LogP contribution in [0.15, 0.2) is 48.7 Å². The summed E-state index contributed by atoms with van der Waals surface area (Å²) in [5, 5.41) is 0. The average molecular weight is 227 g/mol. The van der Waals surface area contributed by atoms with Gasteiger partial charge >= 0.3 is 0 Å². The first-order valence-electron chi connectivity index (χ1n) is 5.92. The second kappa shape index (κ2) is 5.48. The Labute approximate surface area is 102 Å². The molecule has 0 aliphatic heterocycles. The van der Waals surface area contributed by atoms with Crippen LogP contribution in [0.1, 0.15) is 19.4 Å². The van der Waals surface area contributed by atoms with Crippen molar-refractivity contribution in [3.8, 4) is 11.6 Å². The third-order valence-corrected chi connectivity index (χ3v) is 2.43. The normalized spacial score (nSPS) is 10.5. The molecule has 2 nitrogen and oxygen atoms in total. The molecule has 0 aliphatic rings. The number of aromatic nitrogens is 1. The summed E-state index contributed by atoms with van der Waals surface area (Å²) >= 11 is 0. The van der Waals surface area contributed by atoms with E-state index in [0.29, 0.717) is 11.8 Å². The number of hydrogen-bond donors (Lipinski definition) is 0. The first-order chi connectivity index (χ1) is 8.24. The summed E-state index contributed by atoms with van der Waals surface area (Å²) in [5.41, 5.74) is 1.34. The Balaban J connectivity index is 2.03. The van der Waals surface area contributed by atoms with Crippen LogP contribution in [-0.4, -0.2) is 4.98 Å². The summed E-state index contributed by atoms with van der Waals surface area (Å²) < 4.78 is 5.63. The fourth-order valence-electron chi connectivity index (χ4n) is 1.69. The van der Waals surface area contributed by atoms with Gasteiger partial charge in [-0.25, -0.2) is 4.98 Å². The van der Waals surface area contributed by atoms with E-state index in [1.165, 1.54) is 5.56 Å². The molecule has 2 heteroatoms. The molecule has 0 amide bonds. The minimum absolute atomic E-state index is 0.629. The van der Waals surface area contributed by atoms with Crippen LogP contribution >= 0.6 is 0 Å². The van der Waals surface area contributed by atoms with Gasteiger partial charge in [-0.3, -0.25) is 0 Å². The molecule has 1 aromatic heterocycles. The molecule has 2 rings (SSSR count). The van der Waals surface area contributed by atoms with Crippen molar-refractivity contribution in [2.24, 2.45) is 5.92 Å². The molecule has 0 aliphatic carbocycles. The highest BCUT2D eigenvalue weighted by molar-refractivity contribution is 5.30. The lowest BCUT2D eigenvalue weighted by Crippen LogP contribution is -1.93. The lowest BCUT2D eigenvalue weighted by molar-refractivity contribution is 0.462. The largest absolute Gasteiger partial charge is 0.439 e. The zero-order valence-corrected chi connectivity index (χ0v) is 10.3. The van der Waals surface area contributed by atoms with Crippen LogP contribution < -0.4 is 4.74 Å². The molecule has 0 fully saturated rings. The van der Waals surface area contributed by atoms with Gasteiger partial charge in [0.05, 0.1) is 0 Å². The summed E-state index contributed by atoms with van der Waals surface area (Å²) in [6.07, 6.45) is 2.83. The van der Waals surface area contributed by atoms with E-state index < -0.39 is 0 Å². The number of hydrogen-bond acceptors (Lipinski definition) is 2. The highest BCUT2D eigenvalue weighted by Gasteiger charge is 2.00. The second-order valence-corrected chi connectivity index (χ2v) is 4.51. The van der Waals surface area contributed by atoms with Gasteiger partial charge in [0.25, 0.3) is 0 Å². The Morgan fingerprint density at radius 3 is 2.41 bits per heavy atom. The van der Waals surface area contributed by atoms with Crippen LogP contribution in [0, 0.1) is 5.92 Å². The Morgan fingerprint density at radius 2 is 1.82 bits per heavy atom. The SMILES string of the molecule is CC(C)Cc1ccc(Oc2ccccn2)cc1. The monoisotopic (exact) mass is 227 g/mol. The number of nitrogens with zero attached hydrogens (tertiary/aromatic N) is 1. The maximum Gasteiger partial charge on any atom is 0.219 e. The third kappa shape index (κ3) is 3.59. The Bertz CT molecular complexity index is 448. The molecule has 0 bridgehead atoms. The highest BCUT2D eigenvalue weighted by Crippen LogP contribution is 2.20. The fourth-order valence-corrected chi connectivity index (χ4v) is 1.69. The average Bonchev–Trinajstić information content (AvgIpc) is 2.32. The maximum absolute atomic E-state index is 5.63. The van der Waals surface area contributed by atoms with E-state index >= 15 is 0 Å². The minimum Gasteiger partial charge on any atom is -0.439 e. The summed E-state index contributed by atoms with van der Waals surface area (Å²) in [4.78, 5) is 4.12. The van der Waals surface area contributed by atoms with Crippen LogP contribution in [0.25, 0.3) is 0 Å². The topological polar surface area (TPSA) is 22.1 Å². The lowest BCUT2D eigenvalue weighted by Gasteiger charge is -2.07. The van der Waals surface area contributed by atoms with Gasteiger partial charge in [0, 0.05) is 12.3 Å². The van der Waals surface area contributed by atoms with Crippen LogP contribution in [0.3, 0.4) is 0 Å². The van der Waals surface area contributed by atoms with Gasteiger partial charge in [-0.1, -0.05) is 32.0 Å². The Hall–Kier alpha value is -1.83. The van der Waals surface area contributed by atoms with Crippen molar-refractivity contribution in [2.75, 3.05) is 0 Å². The first-order valence-corrected chi connectivity index (χ1v) is 5.92. The van der Waals surface area contributed by atoms with Crippen LogP contribution in [0.2, 0.25) is 0 Å². The van der Waals surface area contributed by atoms with Gasteiger partial charge in [-0.15, -0.1) is 0 Å². The number of rotatable bonds is 4. The van der Waals surface area contributed by atoms with Crippen LogP contribution in [0.4, 0.5) is 0 Å². The summed E-state index contributed by atoms with van der Waals surface area (Å²) in [6, 6.07) is 13.8. The van der Waals surface area contributed by atoms with Gasteiger partial charge in [-0.05, 0) is 36.1 Å². The Kier molecular flexibility index (Phi) is 3.76. The molecule has 1 aromatic carbocycles. The van der Waals surface area contributed by atoms with Gasteiger partial charge < -0.3 is 4.74 Å². The molecular formula is C15H17NO. The zero-order chi connectivity index (χ0) is 12.1. The van der Waals surface area contributed by atoms with Crippen molar-refractivity contribution in [1.29, 1.82) is 0 Å². The molecule has 0 saturated carbocycles. The van der Waals surface area contributed by atoms with Crippen molar-refractivity contribution in [2.45, 2.75) is 20.3 Å². The molecule has 1 heterocycles. The lowest BCUT2D eigenvalue weighted by atomic mass is 10.0. The molecule has 0 saturated heterocycles. The molecule has 88 valence electrons. The van der Waals surface area contributed by atoms with Gasteiger partial charge in [0.15, 0.2) is 0 Å². The van der Waals surface area contributed by atoms with Gasteiger partial charge in [0.1, 0.15) is 5.75 Å². The van der Waals surface area contributed by atoms with E-state index in [1.54, 1.807) is 6.20 Å². The van der Waals surface area contributed by atoms with Crippen LogP contribution in [-0.2, 0) is 6.42 Å². The molecule has 17 heavy (non-hydrogen) atoms. The third-order valence-electron chi connectivity index (χ3n) is 2.43. The summed E-state index contributed by atoms with van der Waals surface area (Å²) in [7, 11) is 0. The maximum atomic E-state index is 5.63. The predicted molar refractivity (Wildman–Crippen MR) is 69.3 cm³/mol. The zero-order valence-electron chi connectivity index (χ0n) is 10.3. The van der Waals surface area contributed by atoms with E-state index in [4.69, 9.17) is 4.74 Å². The molecule has 0 unspecified atom stereocenters. The van der Waals surface area contributed by atoms with E-state index in [1.807, 2.05) is 30.3 Å². The van der Waals surface area contributed by atoms with Crippen molar-refractivity contribution >= 4 is 0 Å². The van der Waals surface area contributed by atoms with Crippen molar-refractivity contribution in [3.63, 3.8) is 0 Å². The molecule has 0 N–H and O–H groups in total. The van der Waals surface area contributed by atoms with Crippen molar-refractivity contribution < 1.29 is 4.74 Å². The van der Waals surface area contributed by atoms with E-state index in [9.17, 15) is 0 Å². The fraction of sp³-hybridized carbons (Fsp3) is 0.267. The van der Waals surface area contributed by atoms with Crippen molar-refractivity contribution in [1.82, 2.24) is 4.98 Å². The van der Waals surface area contributed by atoms with Gasteiger partial charge in [0.2, 0.25) is 5.88 Å². The predicted octanol–water partition coefficient (Wildman–Crippen LogP) is 4.07. The quantitative estimate of drug-likeness (QED) is 0.785. The molecule has 0 radical (unpaired) electrons. The van der Waals surface area contributed by atoms with E-state index in [-0.39, 0.29) is 0 Å². The first kappa shape index (κ1) is 11.6.